The number of benzene rings is 1. The lowest BCUT2D eigenvalue weighted by Crippen LogP contribution is -1.96. The summed E-state index contributed by atoms with van der Waals surface area (Å²) in [6.07, 6.45) is 1.12. The van der Waals surface area contributed by atoms with Crippen molar-refractivity contribution in [2.45, 2.75) is 11.0 Å². The first-order chi connectivity index (χ1) is 5.77. The van der Waals surface area contributed by atoms with E-state index in [1.807, 2.05) is 18.4 Å². The molecule has 1 aromatic carbocycles. The molecule has 0 saturated carbocycles. The highest BCUT2D eigenvalue weighted by molar-refractivity contribution is 7.98. The third-order valence-electron chi connectivity index (χ3n) is 1.60. The lowest BCUT2D eigenvalue weighted by atomic mass is 10.1. The summed E-state index contributed by atoms with van der Waals surface area (Å²) in [5.41, 5.74) is 0.704. The van der Waals surface area contributed by atoms with Crippen molar-refractivity contribution in [3.63, 3.8) is 0 Å². The van der Waals surface area contributed by atoms with Crippen molar-refractivity contribution < 1.29 is 10.2 Å². The van der Waals surface area contributed by atoms with E-state index in [0.29, 0.717) is 5.56 Å². The number of hydrogen-bond donors (Lipinski definition) is 2. The van der Waals surface area contributed by atoms with Crippen LogP contribution in [0.2, 0.25) is 0 Å². The first-order valence-electron chi connectivity index (χ1n) is 3.57. The van der Waals surface area contributed by atoms with Crippen LogP contribution in [0.3, 0.4) is 0 Å². The Labute approximate surface area is 76.2 Å². The highest BCUT2D eigenvalue weighted by atomic mass is 32.2. The summed E-state index contributed by atoms with van der Waals surface area (Å²) in [5.74, 6) is 0. The summed E-state index contributed by atoms with van der Waals surface area (Å²) in [5, 5.41) is 17.7. The predicted molar refractivity (Wildman–Crippen MR) is 49.4 cm³/mol. The summed E-state index contributed by atoms with van der Waals surface area (Å²) in [6, 6.07) is 7.41. The molecule has 3 heteroatoms. The number of hydrogen-bond acceptors (Lipinski definition) is 3. The maximum atomic E-state index is 9.18. The molecular weight excluding hydrogens is 172 g/mol. The summed E-state index contributed by atoms with van der Waals surface area (Å²) in [7, 11) is 0. The van der Waals surface area contributed by atoms with Crippen molar-refractivity contribution in [1.82, 2.24) is 0 Å². The molecule has 1 unspecified atom stereocenters. The van der Waals surface area contributed by atoms with Crippen LogP contribution in [0.5, 0.6) is 0 Å². The van der Waals surface area contributed by atoms with Gasteiger partial charge in [0, 0.05) is 4.90 Å². The monoisotopic (exact) mass is 183 g/mol. The topological polar surface area (TPSA) is 40.5 Å². The van der Waals surface area contributed by atoms with Crippen molar-refractivity contribution >= 4 is 11.8 Å². The Morgan fingerprint density at radius 1 is 1.33 bits per heavy atom. The highest BCUT2D eigenvalue weighted by Gasteiger charge is 2.04. The molecule has 0 bridgehead atoms. The molecule has 1 radical (unpaired) electrons. The number of thioether (sulfide) groups is 1. The standard InChI is InChI=1S/C9H11O2S/c1-12-8-4-2-7(3-5-8)9(11)6-10/h2-6,9-11H,1H3. The average molecular weight is 183 g/mol. The van der Waals surface area contributed by atoms with Crippen LogP contribution in [0.25, 0.3) is 0 Å². The van der Waals surface area contributed by atoms with Crippen LogP contribution in [0, 0.1) is 6.61 Å². The summed E-state index contributed by atoms with van der Waals surface area (Å²) in [6.45, 7) is 0.772. The molecule has 0 saturated heterocycles. The Hall–Kier alpha value is -0.510. The molecule has 65 valence electrons. The second kappa shape index (κ2) is 4.50. The van der Waals surface area contributed by atoms with Gasteiger partial charge in [0.15, 0.2) is 0 Å². The molecule has 12 heavy (non-hydrogen) atoms. The Balaban J connectivity index is 2.77. The average Bonchev–Trinajstić information content (AvgIpc) is 2.17. The van der Waals surface area contributed by atoms with E-state index in [1.54, 1.807) is 23.9 Å². The molecule has 0 aromatic heterocycles. The minimum absolute atomic E-state index is 0.704. The van der Waals surface area contributed by atoms with Gasteiger partial charge in [-0.3, -0.25) is 0 Å². The molecule has 0 aliphatic heterocycles. The van der Waals surface area contributed by atoms with Crippen molar-refractivity contribution in [3.05, 3.63) is 36.4 Å². The molecule has 0 heterocycles. The quantitative estimate of drug-likeness (QED) is 0.704. The maximum absolute atomic E-state index is 9.18. The van der Waals surface area contributed by atoms with Crippen LogP contribution in [0.15, 0.2) is 29.2 Å². The van der Waals surface area contributed by atoms with Gasteiger partial charge in [0.05, 0.1) is 0 Å². The first-order valence-corrected chi connectivity index (χ1v) is 4.80. The molecule has 2 N–H and O–H groups in total. The molecule has 0 aliphatic rings. The van der Waals surface area contributed by atoms with Gasteiger partial charge in [-0.05, 0) is 24.0 Å². The lowest BCUT2D eigenvalue weighted by molar-refractivity contribution is 0.146. The van der Waals surface area contributed by atoms with Gasteiger partial charge in [-0.1, -0.05) is 12.1 Å². The zero-order chi connectivity index (χ0) is 8.97. The van der Waals surface area contributed by atoms with Crippen LogP contribution in [0.1, 0.15) is 11.7 Å². The minimum atomic E-state index is -0.874. The summed E-state index contributed by atoms with van der Waals surface area (Å²) < 4.78 is 0. The van der Waals surface area contributed by atoms with Crippen LogP contribution < -0.4 is 0 Å². The van der Waals surface area contributed by atoms with Crippen LogP contribution in [-0.2, 0) is 0 Å². The fourth-order valence-electron chi connectivity index (χ4n) is 0.887. The van der Waals surface area contributed by atoms with E-state index in [-0.39, 0.29) is 0 Å². The third kappa shape index (κ3) is 2.24. The third-order valence-corrected chi connectivity index (χ3v) is 2.34. The predicted octanol–water partition coefficient (Wildman–Crippen LogP) is 1.98. The fraction of sp³-hybridized carbons (Fsp3) is 0.222. The largest absolute Gasteiger partial charge is 0.387 e. The SMILES string of the molecule is CSc1ccc(C(O)[CH]O)cc1. The van der Waals surface area contributed by atoms with Crippen molar-refractivity contribution in [2.24, 2.45) is 0 Å². The molecule has 1 aromatic rings. The van der Waals surface area contributed by atoms with E-state index in [2.05, 4.69) is 0 Å². The zero-order valence-electron chi connectivity index (χ0n) is 6.77. The van der Waals surface area contributed by atoms with E-state index in [0.717, 1.165) is 11.5 Å². The summed E-state index contributed by atoms with van der Waals surface area (Å²) in [4.78, 5) is 1.14. The second-order valence-electron chi connectivity index (χ2n) is 2.37. The van der Waals surface area contributed by atoms with E-state index >= 15 is 0 Å². The molecule has 0 aliphatic carbocycles. The van der Waals surface area contributed by atoms with Crippen molar-refractivity contribution in [1.29, 1.82) is 0 Å². The van der Waals surface area contributed by atoms with Crippen molar-refractivity contribution in [3.8, 4) is 0 Å². The molecule has 0 amide bonds. The molecule has 0 fully saturated rings. The Morgan fingerprint density at radius 2 is 1.92 bits per heavy atom. The summed E-state index contributed by atoms with van der Waals surface area (Å²) >= 11 is 1.64. The lowest BCUT2D eigenvalue weighted by Gasteiger charge is -2.06. The minimum Gasteiger partial charge on any atom is -0.387 e. The Morgan fingerprint density at radius 3 is 2.33 bits per heavy atom. The smallest absolute Gasteiger partial charge is 0.113 e. The second-order valence-corrected chi connectivity index (χ2v) is 3.25. The Kier molecular flexibility index (Phi) is 3.59. The van der Waals surface area contributed by atoms with Gasteiger partial charge in [-0.2, -0.15) is 0 Å². The molecule has 1 rings (SSSR count). The van der Waals surface area contributed by atoms with Crippen molar-refractivity contribution in [2.75, 3.05) is 6.26 Å². The van der Waals surface area contributed by atoms with Gasteiger partial charge in [-0.25, -0.2) is 0 Å². The number of aliphatic hydroxyl groups is 2. The fourth-order valence-corrected chi connectivity index (χ4v) is 1.30. The highest BCUT2D eigenvalue weighted by Crippen LogP contribution is 2.19. The van der Waals surface area contributed by atoms with Gasteiger partial charge in [-0.15, -0.1) is 11.8 Å². The van der Waals surface area contributed by atoms with Gasteiger partial charge < -0.3 is 10.2 Å². The van der Waals surface area contributed by atoms with Crippen LogP contribution in [-0.4, -0.2) is 16.5 Å². The van der Waals surface area contributed by atoms with Gasteiger partial charge in [0.2, 0.25) is 0 Å². The maximum Gasteiger partial charge on any atom is 0.113 e. The normalized spacial score (nSPS) is 12.9. The number of rotatable bonds is 3. The molecule has 1 atom stereocenters. The molecular formula is C9H11O2S. The van der Waals surface area contributed by atoms with Gasteiger partial charge in [0.1, 0.15) is 12.7 Å². The van der Waals surface area contributed by atoms with Crippen LogP contribution >= 0.6 is 11.8 Å². The van der Waals surface area contributed by atoms with Gasteiger partial charge >= 0.3 is 0 Å². The molecule has 0 spiro atoms. The zero-order valence-corrected chi connectivity index (χ0v) is 7.58. The van der Waals surface area contributed by atoms with E-state index in [4.69, 9.17) is 5.11 Å². The number of aliphatic hydroxyl groups excluding tert-OH is 2. The first kappa shape index (κ1) is 9.58. The molecule has 2 nitrogen and oxygen atoms in total. The van der Waals surface area contributed by atoms with Crippen LogP contribution in [0.4, 0.5) is 0 Å². The van der Waals surface area contributed by atoms with E-state index in [1.165, 1.54) is 0 Å². The van der Waals surface area contributed by atoms with E-state index < -0.39 is 6.10 Å². The van der Waals surface area contributed by atoms with Gasteiger partial charge in [0.25, 0.3) is 0 Å². The van der Waals surface area contributed by atoms with E-state index in [9.17, 15) is 5.11 Å². The Bertz CT molecular complexity index is 233.